The number of hydrogen-bond donors (Lipinski definition) is 2. The van der Waals surface area contributed by atoms with Crippen LogP contribution >= 0.6 is 11.8 Å². The Bertz CT molecular complexity index is 580. The molecule has 2 N–H and O–H groups in total. The van der Waals surface area contributed by atoms with Gasteiger partial charge in [-0.3, -0.25) is 0 Å². The van der Waals surface area contributed by atoms with Gasteiger partial charge < -0.3 is 5.11 Å². The SMILES string of the molecule is Cc1ccc(C#N)cc1S(=O)(=O)NCCSCCCO. The first-order valence-corrected chi connectivity index (χ1v) is 8.84. The highest BCUT2D eigenvalue weighted by molar-refractivity contribution is 7.99. The van der Waals surface area contributed by atoms with E-state index in [-0.39, 0.29) is 11.5 Å². The van der Waals surface area contributed by atoms with Gasteiger partial charge in [0.15, 0.2) is 0 Å². The lowest BCUT2D eigenvalue weighted by Crippen LogP contribution is -2.26. The largest absolute Gasteiger partial charge is 0.396 e. The molecule has 0 saturated heterocycles. The van der Waals surface area contributed by atoms with E-state index in [0.717, 1.165) is 5.75 Å². The topological polar surface area (TPSA) is 90.2 Å². The first-order valence-electron chi connectivity index (χ1n) is 6.20. The van der Waals surface area contributed by atoms with E-state index in [1.807, 2.05) is 6.07 Å². The first kappa shape index (κ1) is 17.0. The Morgan fingerprint density at radius 1 is 1.40 bits per heavy atom. The number of nitriles is 1. The molecule has 0 saturated carbocycles. The smallest absolute Gasteiger partial charge is 0.240 e. The van der Waals surface area contributed by atoms with Gasteiger partial charge in [0.05, 0.1) is 16.5 Å². The average molecular weight is 314 g/mol. The number of aliphatic hydroxyl groups is 1. The van der Waals surface area contributed by atoms with Crippen molar-refractivity contribution in [2.24, 2.45) is 0 Å². The molecule has 0 aliphatic rings. The molecule has 110 valence electrons. The Hall–Kier alpha value is -1.07. The van der Waals surface area contributed by atoms with Crippen LogP contribution in [0.25, 0.3) is 0 Å². The van der Waals surface area contributed by atoms with Crippen molar-refractivity contribution in [2.45, 2.75) is 18.2 Å². The van der Waals surface area contributed by atoms with Crippen molar-refractivity contribution < 1.29 is 13.5 Å². The highest BCUT2D eigenvalue weighted by atomic mass is 32.2. The normalized spacial score (nSPS) is 11.2. The van der Waals surface area contributed by atoms with Gasteiger partial charge in [-0.25, -0.2) is 13.1 Å². The van der Waals surface area contributed by atoms with E-state index in [9.17, 15) is 8.42 Å². The summed E-state index contributed by atoms with van der Waals surface area (Å²) in [5, 5.41) is 17.5. The predicted molar refractivity (Wildman–Crippen MR) is 80.1 cm³/mol. The van der Waals surface area contributed by atoms with E-state index in [4.69, 9.17) is 10.4 Å². The van der Waals surface area contributed by atoms with Crippen molar-refractivity contribution in [1.29, 1.82) is 5.26 Å². The second kappa shape index (κ2) is 8.27. The maximum Gasteiger partial charge on any atom is 0.240 e. The molecule has 0 bridgehead atoms. The quantitative estimate of drug-likeness (QED) is 0.705. The Labute approximate surface area is 124 Å². The molecule has 1 aromatic rings. The summed E-state index contributed by atoms with van der Waals surface area (Å²) >= 11 is 1.59. The standard InChI is InChI=1S/C13H18N2O3S2/c1-11-3-4-12(10-14)9-13(11)20(17,18)15-5-8-19-7-2-6-16/h3-4,9,15-16H,2,5-8H2,1H3. The average Bonchev–Trinajstić information content (AvgIpc) is 2.43. The molecular weight excluding hydrogens is 296 g/mol. The number of benzene rings is 1. The minimum absolute atomic E-state index is 0.150. The van der Waals surface area contributed by atoms with Crippen LogP contribution in [-0.4, -0.2) is 38.2 Å². The molecule has 1 rings (SSSR count). The van der Waals surface area contributed by atoms with Gasteiger partial charge in [0.2, 0.25) is 10.0 Å². The van der Waals surface area contributed by atoms with Crippen molar-refractivity contribution in [3.63, 3.8) is 0 Å². The van der Waals surface area contributed by atoms with Gasteiger partial charge in [0.25, 0.3) is 0 Å². The monoisotopic (exact) mass is 314 g/mol. The van der Waals surface area contributed by atoms with Gasteiger partial charge in [-0.15, -0.1) is 0 Å². The number of sulfonamides is 1. The zero-order valence-electron chi connectivity index (χ0n) is 11.3. The van der Waals surface area contributed by atoms with Gasteiger partial charge in [0.1, 0.15) is 0 Å². The summed E-state index contributed by atoms with van der Waals surface area (Å²) in [7, 11) is -3.58. The van der Waals surface area contributed by atoms with E-state index in [1.54, 1.807) is 30.8 Å². The summed E-state index contributed by atoms with van der Waals surface area (Å²) in [6, 6.07) is 6.55. The second-order valence-electron chi connectivity index (χ2n) is 4.18. The number of rotatable bonds is 8. The molecule has 20 heavy (non-hydrogen) atoms. The van der Waals surface area contributed by atoms with Crippen LogP contribution in [0, 0.1) is 18.3 Å². The maximum atomic E-state index is 12.1. The number of aryl methyl sites for hydroxylation is 1. The summed E-state index contributed by atoms with van der Waals surface area (Å²) < 4.78 is 26.8. The maximum absolute atomic E-state index is 12.1. The minimum atomic E-state index is -3.58. The Kier molecular flexibility index (Phi) is 7.02. The van der Waals surface area contributed by atoms with E-state index in [1.165, 1.54) is 6.07 Å². The van der Waals surface area contributed by atoms with E-state index in [2.05, 4.69) is 4.72 Å². The minimum Gasteiger partial charge on any atom is -0.396 e. The van der Waals surface area contributed by atoms with Crippen molar-refractivity contribution in [3.05, 3.63) is 29.3 Å². The summed E-state index contributed by atoms with van der Waals surface area (Å²) in [6.07, 6.45) is 0.709. The lowest BCUT2D eigenvalue weighted by molar-refractivity contribution is 0.296. The number of nitrogens with one attached hydrogen (secondary N) is 1. The molecular formula is C13H18N2O3S2. The molecule has 0 aliphatic carbocycles. The molecule has 0 spiro atoms. The summed E-state index contributed by atoms with van der Waals surface area (Å²) in [4.78, 5) is 0.150. The third-order valence-corrected chi connectivity index (χ3v) is 5.27. The third kappa shape index (κ3) is 5.13. The van der Waals surface area contributed by atoms with Crippen LogP contribution in [0.3, 0.4) is 0 Å². The number of hydrogen-bond acceptors (Lipinski definition) is 5. The zero-order valence-corrected chi connectivity index (χ0v) is 12.9. The summed E-state index contributed by atoms with van der Waals surface area (Å²) in [5.74, 6) is 1.46. The van der Waals surface area contributed by atoms with Crippen molar-refractivity contribution >= 4 is 21.8 Å². The highest BCUT2D eigenvalue weighted by Crippen LogP contribution is 2.16. The van der Waals surface area contributed by atoms with Crippen LogP contribution in [-0.2, 0) is 10.0 Å². The molecule has 0 unspecified atom stereocenters. The number of aliphatic hydroxyl groups excluding tert-OH is 1. The van der Waals surface area contributed by atoms with Crippen molar-refractivity contribution in [1.82, 2.24) is 4.72 Å². The molecule has 0 atom stereocenters. The van der Waals surface area contributed by atoms with E-state index in [0.29, 0.717) is 29.8 Å². The fourth-order valence-electron chi connectivity index (χ4n) is 1.55. The molecule has 0 radical (unpaired) electrons. The van der Waals surface area contributed by atoms with Gasteiger partial charge in [0, 0.05) is 18.9 Å². The molecule has 0 aliphatic heterocycles. The van der Waals surface area contributed by atoms with Crippen molar-refractivity contribution in [2.75, 3.05) is 24.7 Å². The fraction of sp³-hybridized carbons (Fsp3) is 0.462. The fourth-order valence-corrected chi connectivity index (χ4v) is 3.77. The second-order valence-corrected chi connectivity index (χ2v) is 7.14. The third-order valence-electron chi connectivity index (χ3n) is 2.59. The first-order chi connectivity index (χ1) is 9.51. The van der Waals surface area contributed by atoms with E-state index >= 15 is 0 Å². The molecule has 0 heterocycles. The summed E-state index contributed by atoms with van der Waals surface area (Å²) in [6.45, 7) is 2.18. The van der Waals surface area contributed by atoms with Gasteiger partial charge >= 0.3 is 0 Å². The Morgan fingerprint density at radius 2 is 2.15 bits per heavy atom. The lowest BCUT2D eigenvalue weighted by Gasteiger charge is -2.09. The lowest BCUT2D eigenvalue weighted by atomic mass is 10.2. The Balaban J connectivity index is 2.63. The zero-order chi connectivity index (χ0) is 15.0. The van der Waals surface area contributed by atoms with Crippen LogP contribution in [0.5, 0.6) is 0 Å². The number of nitrogens with zero attached hydrogens (tertiary/aromatic N) is 1. The molecule has 7 heteroatoms. The Morgan fingerprint density at radius 3 is 2.80 bits per heavy atom. The summed E-state index contributed by atoms with van der Waals surface area (Å²) in [5.41, 5.74) is 0.942. The molecule has 0 fully saturated rings. The van der Waals surface area contributed by atoms with Crippen LogP contribution in [0.4, 0.5) is 0 Å². The molecule has 1 aromatic carbocycles. The highest BCUT2D eigenvalue weighted by Gasteiger charge is 2.16. The molecule has 5 nitrogen and oxygen atoms in total. The number of thioether (sulfide) groups is 1. The van der Waals surface area contributed by atoms with Crippen LogP contribution in [0.15, 0.2) is 23.1 Å². The predicted octanol–water partition coefficient (Wildman–Crippen LogP) is 1.26. The van der Waals surface area contributed by atoms with Gasteiger partial charge in [-0.05, 0) is 36.8 Å². The van der Waals surface area contributed by atoms with Crippen molar-refractivity contribution in [3.8, 4) is 6.07 Å². The molecule has 0 aromatic heterocycles. The van der Waals surface area contributed by atoms with E-state index < -0.39 is 10.0 Å². The van der Waals surface area contributed by atoms with Crippen LogP contribution in [0.1, 0.15) is 17.5 Å². The molecule has 0 amide bonds. The van der Waals surface area contributed by atoms with Crippen LogP contribution < -0.4 is 4.72 Å². The van der Waals surface area contributed by atoms with Crippen LogP contribution in [0.2, 0.25) is 0 Å². The van der Waals surface area contributed by atoms with Gasteiger partial charge in [-0.2, -0.15) is 17.0 Å². The van der Waals surface area contributed by atoms with Gasteiger partial charge in [-0.1, -0.05) is 6.07 Å².